The molecule has 0 aliphatic rings. The molecule has 3 heterocycles. The fraction of sp³-hybridized carbons (Fsp3) is 0. The van der Waals surface area contributed by atoms with Crippen molar-refractivity contribution >= 4 is 32.6 Å². The largest absolute Gasteiger partial charge is 0.439 e. The second kappa shape index (κ2) is 8.36. The second-order valence-electron chi connectivity index (χ2n) is 8.77. The van der Waals surface area contributed by atoms with E-state index in [2.05, 4.69) is 75.2 Å². The van der Waals surface area contributed by atoms with Crippen molar-refractivity contribution in [2.45, 2.75) is 0 Å². The van der Waals surface area contributed by atoms with Crippen molar-refractivity contribution in [3.8, 4) is 28.6 Å². The predicted octanol–water partition coefficient (Wildman–Crippen LogP) is 8.19. The first-order chi connectivity index (χ1) is 17.8. The van der Waals surface area contributed by atoms with E-state index in [0.717, 1.165) is 44.5 Å². The van der Waals surface area contributed by atoms with Gasteiger partial charge in [-0.3, -0.25) is 4.57 Å². The maximum Gasteiger partial charge on any atom is 0.219 e. The van der Waals surface area contributed by atoms with Crippen molar-refractivity contribution in [2.24, 2.45) is 0 Å². The van der Waals surface area contributed by atoms with Crippen LogP contribution in [0, 0.1) is 0 Å². The van der Waals surface area contributed by atoms with Gasteiger partial charge in [0.1, 0.15) is 11.6 Å². The topological polar surface area (TPSA) is 39.9 Å². The minimum Gasteiger partial charge on any atom is -0.439 e. The van der Waals surface area contributed by atoms with Gasteiger partial charge in [0.2, 0.25) is 5.88 Å². The molecule has 0 N–H and O–H groups in total. The van der Waals surface area contributed by atoms with E-state index in [1.54, 1.807) is 0 Å². The quantitative estimate of drug-likeness (QED) is 0.264. The predicted molar refractivity (Wildman–Crippen MR) is 146 cm³/mol. The summed E-state index contributed by atoms with van der Waals surface area (Å²) < 4.78 is 8.38. The molecule has 0 atom stereocenters. The van der Waals surface area contributed by atoms with E-state index in [1.165, 1.54) is 10.8 Å². The number of rotatable bonds is 4. The lowest BCUT2D eigenvalue weighted by Crippen LogP contribution is -1.96. The van der Waals surface area contributed by atoms with E-state index in [-0.39, 0.29) is 0 Å². The summed E-state index contributed by atoms with van der Waals surface area (Å²) in [5, 5.41) is 4.61. The van der Waals surface area contributed by atoms with Gasteiger partial charge >= 0.3 is 0 Å². The van der Waals surface area contributed by atoms with Crippen LogP contribution in [0.15, 0.2) is 128 Å². The summed E-state index contributed by atoms with van der Waals surface area (Å²) in [6, 6.07) is 39.4. The fourth-order valence-corrected chi connectivity index (χ4v) is 4.86. The molecule has 0 amide bonds. The first-order valence-electron chi connectivity index (χ1n) is 11.9. The van der Waals surface area contributed by atoms with Crippen molar-refractivity contribution in [3.05, 3.63) is 128 Å². The summed E-state index contributed by atoms with van der Waals surface area (Å²) in [6.45, 7) is 0. The molecule has 0 aliphatic carbocycles. The molecule has 0 radical (unpaired) electrons. The van der Waals surface area contributed by atoms with E-state index >= 15 is 0 Å². The van der Waals surface area contributed by atoms with Gasteiger partial charge in [-0.15, -0.1) is 0 Å². The minimum atomic E-state index is 0.580. The van der Waals surface area contributed by atoms with Crippen LogP contribution in [0.4, 0.5) is 0 Å². The Bertz CT molecular complexity index is 1870. The summed E-state index contributed by atoms with van der Waals surface area (Å²) in [7, 11) is 0. The van der Waals surface area contributed by atoms with Crippen LogP contribution in [-0.4, -0.2) is 14.5 Å². The molecule has 0 unspecified atom stereocenters. The van der Waals surface area contributed by atoms with Crippen LogP contribution >= 0.6 is 0 Å². The van der Waals surface area contributed by atoms with Gasteiger partial charge in [0.05, 0.1) is 11.0 Å². The highest BCUT2D eigenvalue weighted by molar-refractivity contribution is 6.10. The molecule has 170 valence electrons. The summed E-state index contributed by atoms with van der Waals surface area (Å²) in [5.41, 5.74) is 4.45. The van der Waals surface area contributed by atoms with Gasteiger partial charge < -0.3 is 4.74 Å². The molecule has 36 heavy (non-hydrogen) atoms. The van der Waals surface area contributed by atoms with Crippen LogP contribution < -0.4 is 4.74 Å². The molecule has 0 saturated carbocycles. The average molecular weight is 464 g/mol. The van der Waals surface area contributed by atoms with Crippen LogP contribution in [0.1, 0.15) is 0 Å². The molecule has 0 aliphatic heterocycles. The van der Waals surface area contributed by atoms with Crippen molar-refractivity contribution in [1.29, 1.82) is 0 Å². The summed E-state index contributed by atoms with van der Waals surface area (Å²) in [4.78, 5) is 9.12. The van der Waals surface area contributed by atoms with Gasteiger partial charge in [0.25, 0.3) is 0 Å². The molecule has 0 bridgehead atoms. The third-order valence-corrected chi connectivity index (χ3v) is 6.55. The molecular weight excluding hydrogens is 442 g/mol. The van der Waals surface area contributed by atoms with Crippen molar-refractivity contribution in [3.63, 3.8) is 0 Å². The lowest BCUT2D eigenvalue weighted by Gasteiger charge is -2.10. The van der Waals surface area contributed by atoms with Crippen LogP contribution in [-0.2, 0) is 0 Å². The van der Waals surface area contributed by atoms with Crippen LogP contribution in [0.2, 0.25) is 0 Å². The third-order valence-electron chi connectivity index (χ3n) is 6.55. The van der Waals surface area contributed by atoms with Crippen molar-refractivity contribution < 1.29 is 4.74 Å². The number of nitrogens with zero attached hydrogens (tertiary/aromatic N) is 3. The zero-order valence-electron chi connectivity index (χ0n) is 19.4. The number of aromatic nitrogens is 3. The lowest BCUT2D eigenvalue weighted by molar-refractivity contribution is 0.464. The maximum atomic E-state index is 6.15. The number of pyridine rings is 2. The third kappa shape index (κ3) is 3.48. The second-order valence-corrected chi connectivity index (χ2v) is 8.77. The molecule has 0 spiro atoms. The number of fused-ring (bicyclic) bond motifs is 4. The molecule has 4 nitrogen and oxygen atoms in total. The van der Waals surface area contributed by atoms with Crippen molar-refractivity contribution in [2.75, 3.05) is 0 Å². The number of hydrogen-bond acceptors (Lipinski definition) is 3. The highest BCUT2D eigenvalue weighted by atomic mass is 16.5. The molecule has 0 fully saturated rings. The van der Waals surface area contributed by atoms with Crippen LogP contribution in [0.5, 0.6) is 11.6 Å². The van der Waals surface area contributed by atoms with Gasteiger partial charge in [-0.05, 0) is 52.9 Å². The Labute approximate surface area is 208 Å². The molecule has 7 aromatic rings. The molecule has 3 aromatic heterocycles. The smallest absolute Gasteiger partial charge is 0.219 e. The molecule has 4 heteroatoms. The Morgan fingerprint density at radius 1 is 0.556 bits per heavy atom. The van der Waals surface area contributed by atoms with Gasteiger partial charge in [0, 0.05) is 34.6 Å². The van der Waals surface area contributed by atoms with Crippen LogP contribution in [0.3, 0.4) is 0 Å². The van der Waals surface area contributed by atoms with Crippen LogP contribution in [0.25, 0.3) is 49.5 Å². The number of benzene rings is 4. The Balaban J connectivity index is 1.32. The van der Waals surface area contributed by atoms with E-state index in [9.17, 15) is 0 Å². The number of hydrogen-bond donors (Lipinski definition) is 0. The van der Waals surface area contributed by atoms with Gasteiger partial charge in [-0.1, -0.05) is 72.8 Å². The van der Waals surface area contributed by atoms with Crippen molar-refractivity contribution in [1.82, 2.24) is 14.5 Å². The van der Waals surface area contributed by atoms with E-state index < -0.39 is 0 Å². The summed E-state index contributed by atoms with van der Waals surface area (Å²) in [5.74, 6) is 2.23. The number of para-hydroxylation sites is 1. The molecule has 0 saturated heterocycles. The fourth-order valence-electron chi connectivity index (χ4n) is 4.86. The zero-order valence-corrected chi connectivity index (χ0v) is 19.4. The highest BCUT2D eigenvalue weighted by Crippen LogP contribution is 2.35. The average Bonchev–Trinajstić information content (AvgIpc) is 3.27. The molecule has 7 rings (SSSR count). The minimum absolute atomic E-state index is 0.580. The first-order valence-corrected chi connectivity index (χ1v) is 11.9. The first kappa shape index (κ1) is 20.4. The standard InChI is InChI=1S/C32H21N3O/c1-2-9-25-21-34-32(20-23(25)8-1)36-26-11-7-10-22(18-26)24-15-16-28-27-12-3-4-13-29(27)35(30(28)19-24)31-14-5-6-17-33-31/h1-21H. The van der Waals surface area contributed by atoms with E-state index in [0.29, 0.717) is 5.88 Å². The number of ether oxygens (including phenoxy) is 1. The van der Waals surface area contributed by atoms with Gasteiger partial charge in [-0.2, -0.15) is 0 Å². The zero-order chi connectivity index (χ0) is 23.9. The Morgan fingerprint density at radius 2 is 1.36 bits per heavy atom. The lowest BCUT2D eigenvalue weighted by atomic mass is 10.0. The maximum absolute atomic E-state index is 6.15. The van der Waals surface area contributed by atoms with E-state index in [1.807, 2.05) is 67.0 Å². The normalized spacial score (nSPS) is 11.3. The van der Waals surface area contributed by atoms with Gasteiger partial charge in [0.15, 0.2) is 0 Å². The molecular formula is C32H21N3O. The SMILES string of the molecule is c1ccc(-n2c3ccccc3c3ccc(-c4cccc(Oc5cc6ccccc6cn5)c4)cc32)nc1. The Kier molecular flexibility index (Phi) is 4.74. The Hall–Kier alpha value is -4.96. The molecule has 4 aromatic carbocycles. The monoisotopic (exact) mass is 463 g/mol. The summed E-state index contributed by atoms with van der Waals surface area (Å²) in [6.07, 6.45) is 3.68. The van der Waals surface area contributed by atoms with Gasteiger partial charge in [-0.25, -0.2) is 9.97 Å². The van der Waals surface area contributed by atoms with E-state index in [4.69, 9.17) is 4.74 Å². The summed E-state index contributed by atoms with van der Waals surface area (Å²) >= 11 is 0. The highest BCUT2D eigenvalue weighted by Gasteiger charge is 2.14. The Morgan fingerprint density at radius 3 is 2.28 bits per heavy atom.